The standard InChI is InChI=1S/C13H22/c1-3-9-13-10-4-2-6-12(13)8-7-11(13)5-1/h11-12H,1-10H2/t11-,12+,13?. The molecule has 0 N–H and O–H groups in total. The van der Waals surface area contributed by atoms with Crippen LogP contribution in [0.25, 0.3) is 0 Å². The Bertz CT molecular complexity index is 172. The molecule has 3 saturated carbocycles. The lowest BCUT2D eigenvalue weighted by molar-refractivity contribution is 0.0366. The molecule has 0 nitrogen and oxygen atoms in total. The van der Waals surface area contributed by atoms with Gasteiger partial charge in [0.05, 0.1) is 0 Å². The average Bonchev–Trinajstić information content (AvgIpc) is 2.56. The lowest BCUT2D eigenvalue weighted by Crippen LogP contribution is -2.37. The van der Waals surface area contributed by atoms with Gasteiger partial charge < -0.3 is 0 Å². The molecule has 3 atom stereocenters. The van der Waals surface area contributed by atoms with Crippen LogP contribution in [0.15, 0.2) is 0 Å². The Hall–Kier alpha value is 0. The molecule has 0 saturated heterocycles. The molecule has 0 heterocycles. The zero-order valence-electron chi connectivity index (χ0n) is 8.73. The van der Waals surface area contributed by atoms with Crippen molar-refractivity contribution in [2.24, 2.45) is 17.3 Å². The summed E-state index contributed by atoms with van der Waals surface area (Å²) in [6, 6.07) is 0. The minimum absolute atomic E-state index is 0.885. The van der Waals surface area contributed by atoms with Crippen LogP contribution in [0.3, 0.4) is 0 Å². The van der Waals surface area contributed by atoms with Gasteiger partial charge >= 0.3 is 0 Å². The van der Waals surface area contributed by atoms with Crippen molar-refractivity contribution in [3.8, 4) is 0 Å². The summed E-state index contributed by atoms with van der Waals surface area (Å²) in [5.74, 6) is 2.32. The van der Waals surface area contributed by atoms with E-state index in [0.717, 1.165) is 17.3 Å². The Kier molecular flexibility index (Phi) is 1.92. The molecule has 3 rings (SSSR count). The lowest BCUT2D eigenvalue weighted by Gasteiger charge is -2.46. The average molecular weight is 178 g/mol. The molecule has 74 valence electrons. The fourth-order valence-corrected chi connectivity index (χ4v) is 4.81. The van der Waals surface area contributed by atoms with Crippen molar-refractivity contribution in [2.45, 2.75) is 64.2 Å². The molecule has 0 radical (unpaired) electrons. The van der Waals surface area contributed by atoms with E-state index in [1.807, 2.05) is 0 Å². The van der Waals surface area contributed by atoms with Gasteiger partial charge in [0.2, 0.25) is 0 Å². The summed E-state index contributed by atoms with van der Waals surface area (Å²) in [5.41, 5.74) is 0.885. The van der Waals surface area contributed by atoms with Gasteiger partial charge in [0.1, 0.15) is 0 Å². The third-order valence-corrected chi connectivity index (χ3v) is 5.38. The molecule has 3 fully saturated rings. The van der Waals surface area contributed by atoms with E-state index in [-0.39, 0.29) is 0 Å². The van der Waals surface area contributed by atoms with Crippen molar-refractivity contribution >= 4 is 0 Å². The highest BCUT2D eigenvalue weighted by atomic mass is 14.6. The van der Waals surface area contributed by atoms with Crippen LogP contribution in [0.4, 0.5) is 0 Å². The minimum atomic E-state index is 0.885. The van der Waals surface area contributed by atoms with Gasteiger partial charge in [0.25, 0.3) is 0 Å². The molecule has 0 aromatic carbocycles. The van der Waals surface area contributed by atoms with Gasteiger partial charge in [0.15, 0.2) is 0 Å². The van der Waals surface area contributed by atoms with Crippen molar-refractivity contribution in [1.82, 2.24) is 0 Å². The molecule has 0 amide bonds. The fraction of sp³-hybridized carbons (Fsp3) is 1.00. The van der Waals surface area contributed by atoms with Gasteiger partial charge in [-0.3, -0.25) is 0 Å². The van der Waals surface area contributed by atoms with Crippen LogP contribution in [-0.4, -0.2) is 0 Å². The first-order valence-electron chi connectivity index (χ1n) is 6.42. The van der Waals surface area contributed by atoms with Gasteiger partial charge in [-0.25, -0.2) is 0 Å². The normalized spacial score (nSPS) is 49.8. The number of hydrogen-bond donors (Lipinski definition) is 0. The molecule has 1 unspecified atom stereocenters. The van der Waals surface area contributed by atoms with E-state index in [1.165, 1.54) is 0 Å². The van der Waals surface area contributed by atoms with Crippen LogP contribution in [0.2, 0.25) is 0 Å². The van der Waals surface area contributed by atoms with Crippen LogP contribution in [0, 0.1) is 17.3 Å². The Morgan fingerprint density at radius 3 is 1.69 bits per heavy atom. The maximum Gasteiger partial charge on any atom is -0.0241 e. The van der Waals surface area contributed by atoms with Gasteiger partial charge in [-0.05, 0) is 55.8 Å². The van der Waals surface area contributed by atoms with Crippen molar-refractivity contribution in [2.75, 3.05) is 0 Å². The predicted molar refractivity (Wildman–Crippen MR) is 55.6 cm³/mol. The van der Waals surface area contributed by atoms with Crippen molar-refractivity contribution in [3.63, 3.8) is 0 Å². The highest BCUT2D eigenvalue weighted by Gasteiger charge is 2.50. The smallest absolute Gasteiger partial charge is 0.0241 e. The maximum absolute atomic E-state index is 1.60. The van der Waals surface area contributed by atoms with Crippen LogP contribution in [-0.2, 0) is 0 Å². The molecule has 3 aliphatic carbocycles. The topological polar surface area (TPSA) is 0 Å². The molecule has 0 aliphatic heterocycles. The summed E-state index contributed by atoms with van der Waals surface area (Å²) in [6.07, 6.45) is 15.7. The summed E-state index contributed by atoms with van der Waals surface area (Å²) in [7, 11) is 0. The molecule has 3 aliphatic rings. The SMILES string of the molecule is C1CCC23CCCC[C@H]2CC[C@H]3C1. The third kappa shape index (κ3) is 1.10. The van der Waals surface area contributed by atoms with Crippen molar-refractivity contribution in [3.05, 3.63) is 0 Å². The van der Waals surface area contributed by atoms with E-state index in [9.17, 15) is 0 Å². The first-order chi connectivity index (χ1) is 6.42. The van der Waals surface area contributed by atoms with Gasteiger partial charge in [-0.1, -0.05) is 25.7 Å². The molecular weight excluding hydrogens is 156 g/mol. The summed E-state index contributed by atoms with van der Waals surface area (Å²) in [6.45, 7) is 0. The van der Waals surface area contributed by atoms with E-state index in [0.29, 0.717) is 0 Å². The first-order valence-corrected chi connectivity index (χ1v) is 6.42. The van der Waals surface area contributed by atoms with Gasteiger partial charge in [0, 0.05) is 0 Å². The molecule has 1 spiro atoms. The number of hydrogen-bond acceptors (Lipinski definition) is 0. The molecule has 0 bridgehead atoms. The highest BCUT2D eigenvalue weighted by molar-refractivity contribution is 5.01. The quantitative estimate of drug-likeness (QED) is 0.523. The molecular formula is C13H22. The second-order valence-electron chi connectivity index (χ2n) is 5.70. The van der Waals surface area contributed by atoms with E-state index in [1.54, 1.807) is 64.2 Å². The predicted octanol–water partition coefficient (Wildman–Crippen LogP) is 4.15. The third-order valence-electron chi connectivity index (χ3n) is 5.38. The van der Waals surface area contributed by atoms with E-state index >= 15 is 0 Å². The summed E-state index contributed by atoms with van der Waals surface area (Å²) >= 11 is 0. The highest BCUT2D eigenvalue weighted by Crippen LogP contribution is 2.61. The second kappa shape index (κ2) is 3.00. The summed E-state index contributed by atoms with van der Waals surface area (Å²) in [4.78, 5) is 0. The van der Waals surface area contributed by atoms with Crippen LogP contribution >= 0.6 is 0 Å². The molecule has 13 heavy (non-hydrogen) atoms. The number of rotatable bonds is 0. The Balaban J connectivity index is 1.88. The summed E-state index contributed by atoms with van der Waals surface area (Å²) in [5, 5.41) is 0. The van der Waals surface area contributed by atoms with Crippen molar-refractivity contribution < 1.29 is 0 Å². The fourth-order valence-electron chi connectivity index (χ4n) is 4.81. The van der Waals surface area contributed by atoms with Crippen LogP contribution in [0.5, 0.6) is 0 Å². The Morgan fingerprint density at radius 2 is 1.15 bits per heavy atom. The maximum atomic E-state index is 1.60. The zero-order valence-corrected chi connectivity index (χ0v) is 8.73. The second-order valence-corrected chi connectivity index (χ2v) is 5.70. The van der Waals surface area contributed by atoms with Crippen LogP contribution in [0.1, 0.15) is 64.2 Å². The zero-order chi connectivity index (χ0) is 8.73. The van der Waals surface area contributed by atoms with Gasteiger partial charge in [-0.2, -0.15) is 0 Å². The van der Waals surface area contributed by atoms with E-state index < -0.39 is 0 Å². The molecule has 0 heteroatoms. The monoisotopic (exact) mass is 178 g/mol. The van der Waals surface area contributed by atoms with Crippen LogP contribution < -0.4 is 0 Å². The Labute approximate surface area is 82.1 Å². The van der Waals surface area contributed by atoms with Crippen molar-refractivity contribution in [1.29, 1.82) is 0 Å². The minimum Gasteiger partial charge on any atom is -0.0530 e. The van der Waals surface area contributed by atoms with E-state index in [2.05, 4.69) is 0 Å². The van der Waals surface area contributed by atoms with Gasteiger partial charge in [-0.15, -0.1) is 0 Å². The lowest BCUT2D eigenvalue weighted by atomic mass is 9.58. The summed E-state index contributed by atoms with van der Waals surface area (Å²) < 4.78 is 0. The van der Waals surface area contributed by atoms with E-state index in [4.69, 9.17) is 0 Å². The molecule has 0 aromatic rings. The first kappa shape index (κ1) is 8.32. The molecule has 0 aromatic heterocycles. The largest absolute Gasteiger partial charge is 0.0530 e. The Morgan fingerprint density at radius 1 is 0.615 bits per heavy atom.